The Morgan fingerprint density at radius 1 is 0.880 bits per heavy atom. The summed E-state index contributed by atoms with van der Waals surface area (Å²) in [6.45, 7) is 0.310. The maximum Gasteiger partial charge on any atom is 0.316 e. The molecule has 0 aliphatic carbocycles. The van der Waals surface area contributed by atoms with Crippen LogP contribution >= 0.6 is 0 Å². The Kier molecular flexibility index (Phi) is 5.16. The highest BCUT2D eigenvalue weighted by Gasteiger charge is 2.23. The number of amides is 2. The number of rotatable bonds is 4. The topological polar surface area (TPSA) is 62.3 Å². The first kappa shape index (κ1) is 16.4. The van der Waals surface area contributed by atoms with Crippen molar-refractivity contribution in [1.82, 2.24) is 4.98 Å². The first-order valence-electron chi connectivity index (χ1n) is 7.86. The van der Waals surface area contributed by atoms with E-state index in [1.54, 1.807) is 30.5 Å². The molecule has 0 saturated carbocycles. The smallest absolute Gasteiger partial charge is 0.316 e. The van der Waals surface area contributed by atoms with Crippen molar-refractivity contribution < 1.29 is 9.59 Å². The van der Waals surface area contributed by atoms with Crippen molar-refractivity contribution in [3.63, 3.8) is 0 Å². The third-order valence-electron chi connectivity index (χ3n) is 3.61. The van der Waals surface area contributed by atoms with E-state index in [0.29, 0.717) is 17.9 Å². The molecule has 0 bridgehead atoms. The first-order valence-corrected chi connectivity index (χ1v) is 7.86. The Morgan fingerprint density at radius 2 is 1.56 bits per heavy atom. The zero-order valence-corrected chi connectivity index (χ0v) is 13.5. The lowest BCUT2D eigenvalue weighted by Gasteiger charge is -2.22. The fraction of sp³-hybridized carbons (Fsp3) is 0.0500. The van der Waals surface area contributed by atoms with E-state index in [1.165, 1.54) is 11.1 Å². The third-order valence-corrected chi connectivity index (χ3v) is 3.61. The molecule has 1 heterocycles. The number of hydrogen-bond acceptors (Lipinski definition) is 3. The molecule has 1 aromatic heterocycles. The summed E-state index contributed by atoms with van der Waals surface area (Å²) in [4.78, 5) is 30.5. The highest BCUT2D eigenvalue weighted by molar-refractivity contribution is 6.44. The van der Waals surface area contributed by atoms with Crippen LogP contribution in [0.2, 0.25) is 0 Å². The van der Waals surface area contributed by atoms with Crippen LogP contribution in [-0.4, -0.2) is 16.8 Å². The minimum Gasteiger partial charge on any atom is -0.316 e. The Labute approximate surface area is 145 Å². The van der Waals surface area contributed by atoms with E-state index in [1.807, 2.05) is 48.5 Å². The van der Waals surface area contributed by atoms with Crippen molar-refractivity contribution in [3.05, 3.63) is 90.8 Å². The summed E-state index contributed by atoms with van der Waals surface area (Å²) in [5.41, 5.74) is 2.08. The minimum atomic E-state index is -0.701. The van der Waals surface area contributed by atoms with Gasteiger partial charge >= 0.3 is 11.8 Å². The third kappa shape index (κ3) is 4.29. The van der Waals surface area contributed by atoms with Gasteiger partial charge in [-0.3, -0.25) is 19.5 Å². The number of pyridine rings is 1. The van der Waals surface area contributed by atoms with Gasteiger partial charge in [-0.2, -0.15) is 0 Å². The van der Waals surface area contributed by atoms with Gasteiger partial charge in [-0.05, 0) is 29.8 Å². The molecule has 3 aromatic rings. The molecule has 0 radical (unpaired) electrons. The molecule has 0 spiro atoms. The van der Waals surface area contributed by atoms with E-state index < -0.39 is 11.8 Å². The summed E-state index contributed by atoms with van der Waals surface area (Å²) in [5, 5.41) is 2.59. The normalized spacial score (nSPS) is 10.1. The molecule has 25 heavy (non-hydrogen) atoms. The zero-order valence-electron chi connectivity index (χ0n) is 13.5. The quantitative estimate of drug-likeness (QED) is 0.747. The number of carbonyl (C=O) groups is 2. The minimum absolute atomic E-state index is 0.310. The van der Waals surface area contributed by atoms with Crippen LogP contribution in [0.25, 0.3) is 0 Å². The van der Waals surface area contributed by atoms with Crippen LogP contribution in [0.5, 0.6) is 0 Å². The lowest BCUT2D eigenvalue weighted by Crippen LogP contribution is -2.39. The molecular formula is C20H17N3O2. The summed E-state index contributed by atoms with van der Waals surface area (Å²) in [5.74, 6) is -1.33. The van der Waals surface area contributed by atoms with Crippen LogP contribution < -0.4 is 10.2 Å². The second-order valence-electron chi connectivity index (χ2n) is 5.41. The second-order valence-corrected chi connectivity index (χ2v) is 5.41. The molecule has 2 amide bonds. The van der Waals surface area contributed by atoms with Gasteiger partial charge in [0.15, 0.2) is 0 Å². The average Bonchev–Trinajstić information content (AvgIpc) is 2.68. The van der Waals surface area contributed by atoms with Crippen molar-refractivity contribution in [2.24, 2.45) is 0 Å². The van der Waals surface area contributed by atoms with Gasteiger partial charge in [0, 0.05) is 11.9 Å². The highest BCUT2D eigenvalue weighted by Crippen LogP contribution is 2.18. The highest BCUT2D eigenvalue weighted by atomic mass is 16.2. The second kappa shape index (κ2) is 7.88. The Bertz CT molecular complexity index is 837. The van der Waals surface area contributed by atoms with Crippen molar-refractivity contribution in [1.29, 1.82) is 0 Å². The van der Waals surface area contributed by atoms with Crippen LogP contribution in [0.15, 0.2) is 85.2 Å². The van der Waals surface area contributed by atoms with E-state index in [2.05, 4.69) is 10.3 Å². The van der Waals surface area contributed by atoms with Crippen LogP contribution in [-0.2, 0) is 16.1 Å². The number of aromatic nitrogens is 1. The lowest BCUT2D eigenvalue weighted by molar-refractivity contribution is -0.134. The molecule has 0 saturated heterocycles. The average molecular weight is 331 g/mol. The molecule has 5 heteroatoms. The van der Waals surface area contributed by atoms with Gasteiger partial charge in [-0.1, -0.05) is 48.5 Å². The van der Waals surface area contributed by atoms with E-state index in [-0.39, 0.29) is 0 Å². The predicted molar refractivity (Wildman–Crippen MR) is 96.9 cm³/mol. The number of hydrogen-bond donors (Lipinski definition) is 1. The summed E-state index contributed by atoms with van der Waals surface area (Å²) < 4.78 is 0. The molecule has 0 aliphatic rings. The summed E-state index contributed by atoms with van der Waals surface area (Å²) in [6.07, 6.45) is 3.10. The van der Waals surface area contributed by atoms with Crippen LogP contribution in [0.3, 0.4) is 0 Å². The number of para-hydroxylation sites is 1. The van der Waals surface area contributed by atoms with Gasteiger partial charge in [0.05, 0.1) is 18.4 Å². The summed E-state index contributed by atoms with van der Waals surface area (Å²) in [7, 11) is 0. The van der Waals surface area contributed by atoms with Crippen LogP contribution in [0.1, 0.15) is 5.56 Å². The predicted octanol–water partition coefficient (Wildman–Crippen LogP) is 3.25. The van der Waals surface area contributed by atoms with Crippen molar-refractivity contribution in [3.8, 4) is 0 Å². The van der Waals surface area contributed by atoms with Gasteiger partial charge in [0.2, 0.25) is 0 Å². The SMILES string of the molecule is O=C(Nc1cccnc1)C(=O)N(Cc1ccccc1)c1ccccc1. The monoisotopic (exact) mass is 331 g/mol. The largest absolute Gasteiger partial charge is 0.316 e. The number of benzene rings is 2. The van der Waals surface area contributed by atoms with Gasteiger partial charge in [-0.25, -0.2) is 0 Å². The molecule has 1 N–H and O–H groups in total. The fourth-order valence-corrected chi connectivity index (χ4v) is 2.40. The van der Waals surface area contributed by atoms with Crippen molar-refractivity contribution in [2.75, 3.05) is 10.2 Å². The Morgan fingerprint density at radius 3 is 2.20 bits per heavy atom. The van der Waals surface area contributed by atoms with Crippen molar-refractivity contribution in [2.45, 2.75) is 6.54 Å². The summed E-state index contributed by atoms with van der Waals surface area (Å²) >= 11 is 0. The van der Waals surface area contributed by atoms with Gasteiger partial charge in [0.25, 0.3) is 0 Å². The standard InChI is InChI=1S/C20H17N3O2/c24-19(22-17-10-7-13-21-14-17)20(25)23(18-11-5-2-6-12-18)15-16-8-3-1-4-9-16/h1-14H,15H2,(H,22,24). The Hall–Kier alpha value is -3.47. The number of carbonyl (C=O) groups excluding carboxylic acids is 2. The van der Waals surface area contributed by atoms with Gasteiger partial charge < -0.3 is 5.32 Å². The molecular weight excluding hydrogens is 314 g/mol. The van der Waals surface area contributed by atoms with E-state index >= 15 is 0 Å². The molecule has 0 atom stereocenters. The van der Waals surface area contributed by atoms with Crippen LogP contribution in [0, 0.1) is 0 Å². The van der Waals surface area contributed by atoms with Gasteiger partial charge in [0.1, 0.15) is 0 Å². The molecule has 0 fully saturated rings. The fourth-order valence-electron chi connectivity index (χ4n) is 2.40. The van der Waals surface area contributed by atoms with E-state index in [9.17, 15) is 9.59 Å². The van der Waals surface area contributed by atoms with Gasteiger partial charge in [-0.15, -0.1) is 0 Å². The Balaban J connectivity index is 1.83. The molecule has 3 rings (SSSR count). The first-order chi connectivity index (χ1) is 12.2. The van der Waals surface area contributed by atoms with E-state index in [4.69, 9.17) is 0 Å². The number of nitrogens with zero attached hydrogens (tertiary/aromatic N) is 2. The molecule has 124 valence electrons. The molecule has 0 aliphatic heterocycles. The lowest BCUT2D eigenvalue weighted by atomic mass is 10.2. The molecule has 5 nitrogen and oxygen atoms in total. The maximum atomic E-state index is 12.7. The number of anilines is 2. The van der Waals surface area contributed by atoms with Crippen molar-refractivity contribution >= 4 is 23.2 Å². The number of nitrogens with one attached hydrogen (secondary N) is 1. The zero-order chi connectivity index (χ0) is 17.5. The van der Waals surface area contributed by atoms with Crippen LogP contribution in [0.4, 0.5) is 11.4 Å². The summed E-state index contributed by atoms with van der Waals surface area (Å²) in [6, 6.07) is 22.1. The molecule has 2 aromatic carbocycles. The maximum absolute atomic E-state index is 12.7. The molecule has 0 unspecified atom stereocenters. The van der Waals surface area contributed by atoms with E-state index in [0.717, 1.165) is 5.56 Å².